The molecule has 1 saturated heterocycles. The maximum absolute atomic E-state index is 12.0. The number of nitrogens with one attached hydrogen (secondary N) is 2. The normalized spacial score (nSPS) is 20.0. The molecule has 0 bridgehead atoms. The summed E-state index contributed by atoms with van der Waals surface area (Å²) in [6.45, 7) is 2.72. The summed E-state index contributed by atoms with van der Waals surface area (Å²) in [5, 5.41) is 24.8. The molecule has 5 rings (SSSR count). The van der Waals surface area contributed by atoms with Gasteiger partial charge in [-0.1, -0.05) is 18.2 Å². The van der Waals surface area contributed by atoms with E-state index in [1.54, 1.807) is 17.0 Å². The highest BCUT2D eigenvalue weighted by molar-refractivity contribution is 5.84. The highest BCUT2D eigenvalue weighted by atomic mass is 16.5. The molecule has 1 aliphatic heterocycles. The quantitative estimate of drug-likeness (QED) is 0.355. The fourth-order valence-electron chi connectivity index (χ4n) is 3.78. The maximum Gasteiger partial charge on any atom is 0.256 e. The molecule has 1 fully saturated rings. The molecule has 0 spiro atoms. The number of pyridine rings is 1. The van der Waals surface area contributed by atoms with E-state index in [0.717, 1.165) is 6.42 Å². The Bertz CT molecular complexity index is 1300. The lowest BCUT2D eigenvalue weighted by Gasteiger charge is -2.17. The fourth-order valence-corrected chi connectivity index (χ4v) is 3.78. The lowest BCUT2D eigenvalue weighted by Crippen LogP contribution is -2.31. The van der Waals surface area contributed by atoms with Gasteiger partial charge in [0.05, 0.1) is 18.2 Å². The van der Waals surface area contributed by atoms with Crippen LogP contribution < -0.4 is 10.6 Å². The number of imidazole rings is 1. The predicted molar refractivity (Wildman–Crippen MR) is 121 cm³/mol. The minimum atomic E-state index is -0.910. The summed E-state index contributed by atoms with van der Waals surface area (Å²) in [6, 6.07) is 5.53. The minimum absolute atomic E-state index is 0.166. The van der Waals surface area contributed by atoms with Crippen molar-refractivity contribution in [1.29, 1.82) is 0 Å². The Hall–Kier alpha value is -3.97. The standard InChI is InChI=1S/C21H24N10O3/c1-3-7-24-17-16-18(30(11-25-16)20-14(32)9-15(34-20)19(33)22-2)27-21(26-17)31-10-13(28-29-31)12-6-4-5-8-23-12/h4-6,8,10-11,14-15,20,32H,3,7,9H2,1-2H3,(H,22,33)(H,24,26,27)/t14-,15+,20?/m1/s1. The summed E-state index contributed by atoms with van der Waals surface area (Å²) >= 11 is 0. The number of carbonyl (C=O) groups excluding carboxylic acids is 1. The number of aliphatic hydroxyl groups is 1. The number of fused-ring (bicyclic) bond motifs is 1. The highest BCUT2D eigenvalue weighted by Crippen LogP contribution is 2.32. The number of carbonyl (C=O) groups is 1. The van der Waals surface area contributed by atoms with Crippen molar-refractivity contribution in [3.8, 4) is 17.3 Å². The molecular formula is C21H24N10O3. The zero-order chi connectivity index (χ0) is 23.7. The number of rotatable bonds is 7. The Labute approximate surface area is 194 Å². The molecule has 3 atom stereocenters. The summed E-state index contributed by atoms with van der Waals surface area (Å²) in [6.07, 6.45) is 3.45. The predicted octanol–water partition coefficient (Wildman–Crippen LogP) is 0.685. The monoisotopic (exact) mass is 464 g/mol. The number of nitrogens with zero attached hydrogens (tertiary/aromatic N) is 8. The number of ether oxygens (including phenoxy) is 1. The Balaban J connectivity index is 1.56. The van der Waals surface area contributed by atoms with Crippen LogP contribution in [0.15, 0.2) is 36.9 Å². The molecule has 4 aromatic rings. The van der Waals surface area contributed by atoms with Crippen molar-refractivity contribution in [1.82, 2.24) is 44.8 Å². The average Bonchev–Trinajstić information content (AvgIpc) is 3.60. The van der Waals surface area contributed by atoms with E-state index in [1.165, 1.54) is 18.1 Å². The van der Waals surface area contributed by atoms with E-state index < -0.39 is 18.4 Å². The van der Waals surface area contributed by atoms with Crippen LogP contribution in [0.3, 0.4) is 0 Å². The second-order valence-electron chi connectivity index (χ2n) is 7.82. The lowest BCUT2D eigenvalue weighted by molar-refractivity contribution is -0.134. The van der Waals surface area contributed by atoms with Crippen molar-refractivity contribution in [3.63, 3.8) is 0 Å². The van der Waals surface area contributed by atoms with E-state index >= 15 is 0 Å². The van der Waals surface area contributed by atoms with Crippen LogP contribution in [0.1, 0.15) is 26.0 Å². The summed E-state index contributed by atoms with van der Waals surface area (Å²) in [5.41, 5.74) is 2.19. The molecule has 0 aliphatic carbocycles. The first-order valence-corrected chi connectivity index (χ1v) is 11.0. The van der Waals surface area contributed by atoms with Crippen molar-refractivity contribution < 1.29 is 14.6 Å². The van der Waals surface area contributed by atoms with Gasteiger partial charge in [-0.3, -0.25) is 14.3 Å². The van der Waals surface area contributed by atoms with Crippen molar-refractivity contribution in [2.75, 3.05) is 18.9 Å². The van der Waals surface area contributed by atoms with Crippen LogP contribution in [-0.2, 0) is 9.53 Å². The Kier molecular flexibility index (Phi) is 5.86. The number of likely N-dealkylation sites (N-methyl/N-ethyl adjacent to an activating group) is 1. The first-order valence-electron chi connectivity index (χ1n) is 11.0. The van der Waals surface area contributed by atoms with Gasteiger partial charge in [0.2, 0.25) is 5.91 Å². The van der Waals surface area contributed by atoms with Crippen molar-refractivity contribution >= 4 is 22.9 Å². The lowest BCUT2D eigenvalue weighted by atomic mass is 10.2. The van der Waals surface area contributed by atoms with Gasteiger partial charge in [0, 0.05) is 26.2 Å². The number of anilines is 1. The molecular weight excluding hydrogens is 440 g/mol. The van der Waals surface area contributed by atoms with Crippen LogP contribution >= 0.6 is 0 Å². The zero-order valence-corrected chi connectivity index (χ0v) is 18.7. The Morgan fingerprint density at radius 2 is 2.15 bits per heavy atom. The summed E-state index contributed by atoms with van der Waals surface area (Å²) in [5.74, 6) is 0.486. The maximum atomic E-state index is 12.0. The molecule has 1 unspecified atom stereocenters. The molecule has 0 aromatic carbocycles. The van der Waals surface area contributed by atoms with Gasteiger partial charge in [0.1, 0.15) is 17.9 Å². The minimum Gasteiger partial charge on any atom is -0.388 e. The second-order valence-corrected chi connectivity index (χ2v) is 7.82. The van der Waals surface area contributed by atoms with Gasteiger partial charge in [-0.15, -0.1) is 5.10 Å². The Morgan fingerprint density at radius 1 is 1.26 bits per heavy atom. The van der Waals surface area contributed by atoms with Gasteiger partial charge in [0.15, 0.2) is 23.2 Å². The zero-order valence-electron chi connectivity index (χ0n) is 18.7. The molecule has 4 aromatic heterocycles. The number of aromatic nitrogens is 8. The van der Waals surface area contributed by atoms with E-state index in [0.29, 0.717) is 34.9 Å². The molecule has 34 heavy (non-hydrogen) atoms. The van der Waals surface area contributed by atoms with E-state index in [-0.39, 0.29) is 18.3 Å². The van der Waals surface area contributed by atoms with E-state index in [9.17, 15) is 9.90 Å². The molecule has 0 saturated carbocycles. The SMILES string of the molecule is CCCNc1nc(-n2cc(-c3ccccn3)nn2)nc2c1ncn2C1O[C@H](C(=O)NC)C[C@H]1O. The van der Waals surface area contributed by atoms with Crippen LogP contribution in [0.2, 0.25) is 0 Å². The summed E-state index contributed by atoms with van der Waals surface area (Å²) in [7, 11) is 1.53. The smallest absolute Gasteiger partial charge is 0.256 e. The number of amides is 1. The molecule has 13 nitrogen and oxygen atoms in total. The van der Waals surface area contributed by atoms with Gasteiger partial charge in [-0.25, -0.2) is 4.98 Å². The third kappa shape index (κ3) is 3.95. The van der Waals surface area contributed by atoms with Gasteiger partial charge in [0.25, 0.3) is 5.95 Å². The van der Waals surface area contributed by atoms with Crippen molar-refractivity contribution in [3.05, 3.63) is 36.9 Å². The highest BCUT2D eigenvalue weighted by Gasteiger charge is 2.39. The van der Waals surface area contributed by atoms with Crippen molar-refractivity contribution in [2.24, 2.45) is 0 Å². The van der Waals surface area contributed by atoms with E-state index in [2.05, 4.69) is 40.9 Å². The molecule has 3 N–H and O–H groups in total. The number of aliphatic hydroxyl groups excluding tert-OH is 1. The van der Waals surface area contributed by atoms with Gasteiger partial charge in [-0.05, 0) is 18.6 Å². The van der Waals surface area contributed by atoms with Crippen LogP contribution in [0.5, 0.6) is 0 Å². The molecule has 1 aliphatic rings. The van der Waals surface area contributed by atoms with Crippen LogP contribution in [0.25, 0.3) is 28.5 Å². The number of hydrogen-bond acceptors (Lipinski definition) is 10. The van der Waals surface area contributed by atoms with Crippen molar-refractivity contribution in [2.45, 2.75) is 38.2 Å². The summed E-state index contributed by atoms with van der Waals surface area (Å²) < 4.78 is 8.91. The van der Waals surface area contributed by atoms with Gasteiger partial charge in [-0.2, -0.15) is 14.6 Å². The van der Waals surface area contributed by atoms with Crippen LogP contribution in [0, 0.1) is 0 Å². The van der Waals surface area contributed by atoms with E-state index in [4.69, 9.17) is 4.74 Å². The average molecular weight is 464 g/mol. The molecule has 0 radical (unpaired) electrons. The third-order valence-electron chi connectivity index (χ3n) is 5.48. The fraction of sp³-hybridized carbons (Fsp3) is 0.381. The molecule has 5 heterocycles. The first kappa shape index (κ1) is 21.9. The topological polar surface area (TPSA) is 158 Å². The second kappa shape index (κ2) is 9.11. The summed E-state index contributed by atoms with van der Waals surface area (Å²) in [4.78, 5) is 30.0. The van der Waals surface area contributed by atoms with Gasteiger partial charge < -0.3 is 20.5 Å². The number of hydrogen-bond donors (Lipinski definition) is 3. The largest absolute Gasteiger partial charge is 0.388 e. The van der Waals surface area contributed by atoms with Gasteiger partial charge >= 0.3 is 0 Å². The molecule has 176 valence electrons. The molecule has 13 heteroatoms. The Morgan fingerprint density at radius 3 is 2.91 bits per heavy atom. The van der Waals surface area contributed by atoms with E-state index in [1.807, 2.05) is 25.1 Å². The van der Waals surface area contributed by atoms with Crippen LogP contribution in [0.4, 0.5) is 5.82 Å². The third-order valence-corrected chi connectivity index (χ3v) is 5.48. The molecule has 1 amide bonds. The van der Waals surface area contributed by atoms with Crippen LogP contribution in [-0.4, -0.2) is 76.3 Å². The first-order chi connectivity index (χ1) is 16.6.